The number of rotatable bonds is 3. The second-order valence-electron chi connectivity index (χ2n) is 4.70. The maximum Gasteiger partial charge on any atom is 0.316 e. The molecule has 0 aromatic heterocycles. The molecule has 7 heteroatoms. The van der Waals surface area contributed by atoms with E-state index in [1.807, 2.05) is 6.92 Å². The molecule has 0 bridgehead atoms. The van der Waals surface area contributed by atoms with Gasteiger partial charge in [0.05, 0.1) is 5.69 Å². The van der Waals surface area contributed by atoms with Gasteiger partial charge >= 0.3 is 12.1 Å². The van der Waals surface area contributed by atoms with E-state index in [4.69, 9.17) is 11.5 Å². The first kappa shape index (κ1) is 15.3. The van der Waals surface area contributed by atoms with Gasteiger partial charge in [0.1, 0.15) is 5.82 Å². The summed E-state index contributed by atoms with van der Waals surface area (Å²) in [5.74, 6) is -0.460. The zero-order chi connectivity index (χ0) is 16.3. The normalized spacial score (nSPS) is 10.1. The van der Waals surface area contributed by atoms with Gasteiger partial charge in [0.15, 0.2) is 0 Å². The molecule has 2 aromatic rings. The summed E-state index contributed by atoms with van der Waals surface area (Å²) in [6.45, 7) is 1.82. The van der Waals surface area contributed by atoms with Crippen molar-refractivity contribution >= 4 is 23.4 Å². The van der Waals surface area contributed by atoms with Crippen LogP contribution in [-0.2, 0) is 0 Å². The van der Waals surface area contributed by atoms with Gasteiger partial charge in [-0.25, -0.2) is 14.0 Å². The van der Waals surface area contributed by atoms with Crippen molar-refractivity contribution in [1.82, 2.24) is 0 Å². The second-order valence-corrected chi connectivity index (χ2v) is 4.70. The van der Waals surface area contributed by atoms with E-state index < -0.39 is 17.9 Å². The second kappa shape index (κ2) is 6.13. The topological polar surface area (TPSA) is 110 Å². The Morgan fingerprint density at radius 3 is 2.27 bits per heavy atom. The monoisotopic (exact) mass is 302 g/mol. The predicted octanol–water partition coefficient (Wildman–Crippen LogP) is 2.78. The summed E-state index contributed by atoms with van der Waals surface area (Å²) in [5, 5.41) is 4.90. The number of urea groups is 2. The van der Waals surface area contributed by atoms with E-state index in [-0.39, 0.29) is 0 Å². The minimum absolute atomic E-state index is 0.369. The van der Waals surface area contributed by atoms with Crippen LogP contribution in [0.15, 0.2) is 36.4 Å². The lowest BCUT2D eigenvalue weighted by atomic mass is 9.98. The Balaban J connectivity index is 2.56. The van der Waals surface area contributed by atoms with Crippen molar-refractivity contribution in [3.8, 4) is 11.1 Å². The van der Waals surface area contributed by atoms with Crippen LogP contribution >= 0.6 is 0 Å². The highest BCUT2D eigenvalue weighted by atomic mass is 19.1. The Labute approximate surface area is 126 Å². The molecule has 6 nitrogen and oxygen atoms in total. The lowest BCUT2D eigenvalue weighted by molar-refractivity contribution is 0.258. The molecule has 0 saturated carbocycles. The number of hydrogen-bond acceptors (Lipinski definition) is 2. The summed E-state index contributed by atoms with van der Waals surface area (Å²) in [7, 11) is 0. The summed E-state index contributed by atoms with van der Waals surface area (Å²) in [5.41, 5.74) is 13.0. The molecule has 114 valence electrons. The van der Waals surface area contributed by atoms with E-state index in [1.165, 1.54) is 18.2 Å². The maximum absolute atomic E-state index is 13.6. The van der Waals surface area contributed by atoms with Gasteiger partial charge in [-0.15, -0.1) is 0 Å². The molecule has 0 fully saturated rings. The lowest BCUT2D eigenvalue weighted by Gasteiger charge is -2.14. The van der Waals surface area contributed by atoms with Crippen LogP contribution in [0.2, 0.25) is 0 Å². The minimum Gasteiger partial charge on any atom is -0.351 e. The molecular weight excluding hydrogens is 287 g/mol. The van der Waals surface area contributed by atoms with E-state index >= 15 is 0 Å². The van der Waals surface area contributed by atoms with Crippen molar-refractivity contribution in [1.29, 1.82) is 0 Å². The highest BCUT2D eigenvalue weighted by Gasteiger charge is 2.12. The van der Waals surface area contributed by atoms with E-state index in [9.17, 15) is 14.0 Å². The van der Waals surface area contributed by atoms with Crippen molar-refractivity contribution in [2.75, 3.05) is 10.6 Å². The van der Waals surface area contributed by atoms with Gasteiger partial charge in [0.2, 0.25) is 0 Å². The van der Waals surface area contributed by atoms with Gasteiger partial charge in [-0.3, -0.25) is 0 Å². The third-order valence-electron chi connectivity index (χ3n) is 3.03. The Hall–Kier alpha value is -3.09. The number of halogens is 1. The Morgan fingerprint density at radius 1 is 0.955 bits per heavy atom. The first-order valence-corrected chi connectivity index (χ1v) is 6.40. The number of amides is 4. The van der Waals surface area contributed by atoms with E-state index in [2.05, 4.69) is 10.6 Å². The number of anilines is 2. The molecule has 0 radical (unpaired) electrons. The van der Waals surface area contributed by atoms with Crippen LogP contribution in [-0.4, -0.2) is 12.1 Å². The van der Waals surface area contributed by atoms with Gasteiger partial charge in [-0.1, -0.05) is 6.07 Å². The fourth-order valence-electron chi connectivity index (χ4n) is 2.11. The molecule has 0 atom stereocenters. The molecule has 6 N–H and O–H groups in total. The lowest BCUT2D eigenvalue weighted by Crippen LogP contribution is -2.20. The molecule has 0 spiro atoms. The summed E-state index contributed by atoms with van der Waals surface area (Å²) < 4.78 is 13.6. The van der Waals surface area contributed by atoms with Gasteiger partial charge in [0.25, 0.3) is 0 Å². The van der Waals surface area contributed by atoms with Gasteiger partial charge < -0.3 is 22.1 Å². The van der Waals surface area contributed by atoms with Crippen LogP contribution in [0.1, 0.15) is 5.56 Å². The van der Waals surface area contributed by atoms with Crippen molar-refractivity contribution in [3.63, 3.8) is 0 Å². The average Bonchev–Trinajstić information content (AvgIpc) is 2.42. The molecular formula is C15H15FN4O2. The van der Waals surface area contributed by atoms with Crippen LogP contribution in [0.3, 0.4) is 0 Å². The fraction of sp³-hybridized carbons (Fsp3) is 0.0667. The van der Waals surface area contributed by atoms with Gasteiger partial charge in [-0.05, 0) is 48.4 Å². The molecule has 0 unspecified atom stereocenters. The van der Waals surface area contributed by atoms with E-state index in [0.29, 0.717) is 22.5 Å². The molecule has 2 rings (SSSR count). The number of nitrogens with two attached hydrogens (primary N) is 2. The third kappa shape index (κ3) is 3.51. The largest absolute Gasteiger partial charge is 0.351 e. The fourth-order valence-corrected chi connectivity index (χ4v) is 2.11. The first-order valence-electron chi connectivity index (χ1n) is 6.40. The molecule has 2 aromatic carbocycles. The Kier molecular flexibility index (Phi) is 4.26. The smallest absolute Gasteiger partial charge is 0.316 e. The number of hydrogen-bond donors (Lipinski definition) is 4. The molecule has 4 amide bonds. The van der Waals surface area contributed by atoms with Crippen LogP contribution in [0, 0.1) is 12.7 Å². The van der Waals surface area contributed by atoms with E-state index in [0.717, 1.165) is 5.56 Å². The summed E-state index contributed by atoms with van der Waals surface area (Å²) in [6.07, 6.45) is 0. The van der Waals surface area contributed by atoms with Crippen LogP contribution in [0.4, 0.5) is 25.4 Å². The van der Waals surface area contributed by atoms with Crippen molar-refractivity contribution < 1.29 is 14.0 Å². The zero-order valence-corrected chi connectivity index (χ0v) is 11.8. The van der Waals surface area contributed by atoms with Crippen LogP contribution < -0.4 is 22.1 Å². The Bertz CT molecular complexity index is 746. The highest BCUT2D eigenvalue weighted by Crippen LogP contribution is 2.33. The quantitative estimate of drug-likeness (QED) is 0.699. The predicted molar refractivity (Wildman–Crippen MR) is 83.0 cm³/mol. The zero-order valence-electron chi connectivity index (χ0n) is 11.8. The molecule has 0 aliphatic rings. The van der Waals surface area contributed by atoms with Gasteiger partial charge in [-0.2, -0.15) is 0 Å². The molecule has 0 saturated heterocycles. The van der Waals surface area contributed by atoms with Crippen molar-refractivity contribution in [2.45, 2.75) is 6.92 Å². The molecule has 22 heavy (non-hydrogen) atoms. The molecule has 0 aliphatic heterocycles. The third-order valence-corrected chi connectivity index (χ3v) is 3.03. The van der Waals surface area contributed by atoms with Crippen molar-refractivity contribution in [3.05, 3.63) is 47.8 Å². The first-order chi connectivity index (χ1) is 10.4. The van der Waals surface area contributed by atoms with Crippen LogP contribution in [0.25, 0.3) is 11.1 Å². The summed E-state index contributed by atoms with van der Waals surface area (Å²) >= 11 is 0. The van der Waals surface area contributed by atoms with Gasteiger partial charge in [0, 0.05) is 11.3 Å². The Morgan fingerprint density at radius 2 is 1.64 bits per heavy atom. The van der Waals surface area contributed by atoms with E-state index in [1.54, 1.807) is 18.2 Å². The molecule has 0 aliphatic carbocycles. The SMILES string of the molecule is Cc1ccc(NC(N)=O)cc1-c1cc(F)ccc1NC(N)=O. The summed E-state index contributed by atoms with van der Waals surface area (Å²) in [4.78, 5) is 22.0. The average molecular weight is 302 g/mol. The highest BCUT2D eigenvalue weighted by molar-refractivity contribution is 5.95. The minimum atomic E-state index is -0.753. The number of primary amides is 2. The number of carbonyl (C=O) groups excluding carboxylic acids is 2. The number of nitrogens with one attached hydrogen (secondary N) is 2. The molecule has 0 heterocycles. The standard InChI is InChI=1S/C15H15FN4O2/c1-8-2-4-10(19-14(17)21)7-11(8)12-6-9(16)3-5-13(12)20-15(18)22/h2-7H,1H3,(H3,17,19,21)(H3,18,20,22). The summed E-state index contributed by atoms with van der Waals surface area (Å²) in [6, 6.07) is 7.52. The van der Waals surface area contributed by atoms with Crippen molar-refractivity contribution in [2.24, 2.45) is 11.5 Å². The number of benzene rings is 2. The maximum atomic E-state index is 13.6. The van der Waals surface area contributed by atoms with Crippen LogP contribution in [0.5, 0.6) is 0 Å². The number of aryl methyl sites for hydroxylation is 1. The number of carbonyl (C=O) groups is 2.